The van der Waals surface area contributed by atoms with Gasteiger partial charge >= 0.3 is 0 Å². The van der Waals surface area contributed by atoms with Gasteiger partial charge in [-0.15, -0.1) is 0 Å². The molecule has 0 amide bonds. The highest BCUT2D eigenvalue weighted by atomic mass is 28.4. The average Bonchev–Trinajstić information content (AvgIpc) is 2.71. The van der Waals surface area contributed by atoms with Crippen LogP contribution in [0.15, 0.2) is 60.7 Å². The molecule has 2 rings (SSSR count). The van der Waals surface area contributed by atoms with Gasteiger partial charge in [0.15, 0.2) is 16.6 Å². The summed E-state index contributed by atoms with van der Waals surface area (Å²) in [6.45, 7) is 20.4. The first-order chi connectivity index (χ1) is 15.4. The second-order valence-electron chi connectivity index (χ2n) is 12.1. The molecule has 2 aromatic rings. The summed E-state index contributed by atoms with van der Waals surface area (Å²) in [5.41, 5.74) is 2.85. The minimum Gasteiger partial charge on any atom is -0.416 e. The SMILES string of the molecule is CC(C)CC(CO[Si](C)(C)Cc1ccccc1)(CO[Si](C)(C)Cc1ccccc1)CC(C)C. The second kappa shape index (κ2) is 12.5. The van der Waals surface area contributed by atoms with Crippen molar-refractivity contribution in [2.24, 2.45) is 17.3 Å². The van der Waals surface area contributed by atoms with Crippen LogP contribution in [-0.4, -0.2) is 29.8 Å². The highest BCUT2D eigenvalue weighted by Crippen LogP contribution is 2.37. The molecule has 0 aliphatic carbocycles. The lowest BCUT2D eigenvalue weighted by Crippen LogP contribution is -2.45. The number of hydrogen-bond acceptors (Lipinski definition) is 2. The van der Waals surface area contributed by atoms with Gasteiger partial charge in [0.25, 0.3) is 0 Å². The topological polar surface area (TPSA) is 18.5 Å². The highest BCUT2D eigenvalue weighted by molar-refractivity contribution is 6.71. The van der Waals surface area contributed by atoms with Gasteiger partial charge in [-0.25, -0.2) is 0 Å². The Balaban J connectivity index is 2.14. The quantitative estimate of drug-likeness (QED) is 0.252. The van der Waals surface area contributed by atoms with E-state index in [0.29, 0.717) is 11.8 Å². The van der Waals surface area contributed by atoms with Crippen molar-refractivity contribution < 1.29 is 8.85 Å². The minimum atomic E-state index is -1.84. The van der Waals surface area contributed by atoms with E-state index in [9.17, 15) is 0 Å². The van der Waals surface area contributed by atoms with E-state index in [4.69, 9.17) is 8.85 Å². The van der Waals surface area contributed by atoms with Crippen molar-refractivity contribution in [3.8, 4) is 0 Å². The third kappa shape index (κ3) is 10.7. The van der Waals surface area contributed by atoms with Crippen LogP contribution in [0.1, 0.15) is 51.7 Å². The first kappa shape index (κ1) is 28.0. The zero-order valence-electron chi connectivity index (χ0n) is 22.5. The summed E-state index contributed by atoms with van der Waals surface area (Å²) in [6.07, 6.45) is 2.30. The maximum atomic E-state index is 6.86. The molecule has 0 atom stereocenters. The minimum absolute atomic E-state index is 0.0737. The van der Waals surface area contributed by atoms with Gasteiger partial charge in [0.2, 0.25) is 0 Å². The first-order valence-corrected chi connectivity index (χ1v) is 19.0. The smallest absolute Gasteiger partial charge is 0.191 e. The summed E-state index contributed by atoms with van der Waals surface area (Å²) in [6, 6.07) is 23.8. The van der Waals surface area contributed by atoms with Gasteiger partial charge in [-0.1, -0.05) is 88.4 Å². The predicted molar refractivity (Wildman–Crippen MR) is 149 cm³/mol. The van der Waals surface area contributed by atoms with Crippen LogP contribution in [0.25, 0.3) is 0 Å². The molecular formula is C29H48O2Si2. The fraction of sp³-hybridized carbons (Fsp3) is 0.586. The molecule has 2 nitrogen and oxygen atoms in total. The monoisotopic (exact) mass is 484 g/mol. The van der Waals surface area contributed by atoms with E-state index in [2.05, 4.69) is 115 Å². The van der Waals surface area contributed by atoms with Crippen LogP contribution in [-0.2, 0) is 20.9 Å². The first-order valence-electron chi connectivity index (χ1n) is 12.8. The largest absolute Gasteiger partial charge is 0.416 e. The van der Waals surface area contributed by atoms with Crippen LogP contribution in [0, 0.1) is 17.3 Å². The molecule has 0 aromatic heterocycles. The van der Waals surface area contributed by atoms with Crippen LogP contribution < -0.4 is 0 Å². The highest BCUT2D eigenvalue weighted by Gasteiger charge is 2.38. The molecule has 0 N–H and O–H groups in total. The maximum absolute atomic E-state index is 6.86. The maximum Gasteiger partial charge on any atom is 0.191 e. The lowest BCUT2D eigenvalue weighted by molar-refractivity contribution is 0.0326. The van der Waals surface area contributed by atoms with Crippen LogP contribution in [0.3, 0.4) is 0 Å². The van der Waals surface area contributed by atoms with Crippen LogP contribution in [0.5, 0.6) is 0 Å². The van der Waals surface area contributed by atoms with E-state index in [0.717, 1.165) is 38.1 Å². The second-order valence-corrected chi connectivity index (χ2v) is 20.4. The number of rotatable bonds is 14. The fourth-order valence-corrected chi connectivity index (χ4v) is 9.10. The predicted octanol–water partition coefficient (Wildman–Crippen LogP) is 8.07. The molecule has 0 spiro atoms. The molecule has 0 aliphatic heterocycles. The molecule has 2 aromatic carbocycles. The molecule has 0 heterocycles. The van der Waals surface area contributed by atoms with Gasteiger partial charge in [-0.2, -0.15) is 0 Å². The Kier molecular flexibility index (Phi) is 10.6. The Labute approximate surface area is 206 Å². The Bertz CT molecular complexity index is 731. The number of hydrogen-bond donors (Lipinski definition) is 0. The van der Waals surface area contributed by atoms with Crippen LogP contribution >= 0.6 is 0 Å². The van der Waals surface area contributed by atoms with Gasteiger partial charge in [-0.3, -0.25) is 0 Å². The van der Waals surface area contributed by atoms with E-state index in [1.165, 1.54) is 11.1 Å². The Morgan fingerprint density at radius 2 is 0.939 bits per heavy atom. The molecule has 184 valence electrons. The van der Waals surface area contributed by atoms with Crippen molar-refractivity contribution in [3.63, 3.8) is 0 Å². The Morgan fingerprint density at radius 3 is 1.24 bits per heavy atom. The molecule has 0 bridgehead atoms. The van der Waals surface area contributed by atoms with E-state index < -0.39 is 16.6 Å². The molecule has 33 heavy (non-hydrogen) atoms. The van der Waals surface area contributed by atoms with E-state index in [-0.39, 0.29) is 5.41 Å². The van der Waals surface area contributed by atoms with Gasteiger partial charge < -0.3 is 8.85 Å². The Morgan fingerprint density at radius 1 is 0.606 bits per heavy atom. The van der Waals surface area contributed by atoms with Crippen LogP contribution in [0.4, 0.5) is 0 Å². The summed E-state index contributed by atoms with van der Waals surface area (Å²) in [5.74, 6) is 1.24. The van der Waals surface area contributed by atoms with Crippen molar-refractivity contribution in [1.29, 1.82) is 0 Å². The molecule has 4 heteroatoms. The Hall–Kier alpha value is -1.21. The summed E-state index contributed by atoms with van der Waals surface area (Å²) < 4.78 is 13.7. The molecule has 0 saturated heterocycles. The van der Waals surface area contributed by atoms with Gasteiger partial charge in [0.05, 0.1) is 0 Å². The van der Waals surface area contributed by atoms with Crippen molar-refractivity contribution >= 4 is 16.6 Å². The van der Waals surface area contributed by atoms with Crippen LogP contribution in [0.2, 0.25) is 26.2 Å². The lowest BCUT2D eigenvalue weighted by atomic mass is 9.75. The summed E-state index contributed by atoms with van der Waals surface area (Å²) >= 11 is 0. The molecule has 0 saturated carbocycles. The van der Waals surface area contributed by atoms with E-state index in [1.54, 1.807) is 0 Å². The normalized spacial score (nSPS) is 13.2. The lowest BCUT2D eigenvalue weighted by Gasteiger charge is -2.41. The fourth-order valence-electron chi connectivity index (χ4n) is 5.07. The zero-order chi connectivity index (χ0) is 24.5. The zero-order valence-corrected chi connectivity index (χ0v) is 24.5. The van der Waals surface area contributed by atoms with Gasteiger partial charge in [0, 0.05) is 18.6 Å². The van der Waals surface area contributed by atoms with Crippen molar-refractivity contribution in [2.75, 3.05) is 13.2 Å². The van der Waals surface area contributed by atoms with E-state index >= 15 is 0 Å². The third-order valence-corrected chi connectivity index (χ3v) is 10.5. The molecule has 0 radical (unpaired) electrons. The standard InChI is InChI=1S/C29H48O2Si2/c1-25(2)19-29(20-26(3)4,23-30-32(5,6)21-27-15-11-9-12-16-27)24-31-33(7,8)22-28-17-13-10-14-18-28/h9-18,25-26H,19-24H2,1-8H3. The van der Waals surface area contributed by atoms with Crippen molar-refractivity contribution in [3.05, 3.63) is 71.8 Å². The van der Waals surface area contributed by atoms with Crippen molar-refractivity contribution in [1.82, 2.24) is 0 Å². The summed E-state index contributed by atoms with van der Waals surface area (Å²) in [4.78, 5) is 0. The van der Waals surface area contributed by atoms with Gasteiger partial charge in [0.1, 0.15) is 0 Å². The summed E-state index contributed by atoms with van der Waals surface area (Å²) in [5, 5.41) is 0. The number of benzene rings is 2. The van der Waals surface area contributed by atoms with Crippen molar-refractivity contribution in [2.45, 2.75) is 78.8 Å². The average molecular weight is 485 g/mol. The molecular weight excluding hydrogens is 436 g/mol. The molecule has 0 unspecified atom stereocenters. The van der Waals surface area contributed by atoms with Gasteiger partial charge in [-0.05, 0) is 74.1 Å². The molecule has 0 fully saturated rings. The molecule has 0 aliphatic rings. The third-order valence-electron chi connectivity index (χ3n) is 6.17. The van der Waals surface area contributed by atoms with E-state index in [1.807, 2.05) is 0 Å². The summed E-state index contributed by atoms with van der Waals surface area (Å²) in [7, 11) is -3.67.